The normalized spacial score (nSPS) is 14.2. The third kappa shape index (κ3) is 5.18. The molecule has 1 saturated heterocycles. The highest BCUT2D eigenvalue weighted by Gasteiger charge is 2.25. The Hall–Kier alpha value is -3.09. The first-order valence-corrected chi connectivity index (χ1v) is 11.8. The summed E-state index contributed by atoms with van der Waals surface area (Å²) in [5.41, 5.74) is -0.397. The Labute approximate surface area is 195 Å². The number of rotatable bonds is 8. The summed E-state index contributed by atoms with van der Waals surface area (Å²) < 4.78 is 67.1. The zero-order valence-electron chi connectivity index (χ0n) is 18.0. The number of ketones is 1. The number of carbonyl (C=O) groups is 1. The fourth-order valence-corrected chi connectivity index (χ4v) is 4.16. The molecule has 0 saturated carbocycles. The highest BCUT2D eigenvalue weighted by atomic mass is 32.2. The molecule has 12 heteroatoms. The molecule has 0 amide bonds. The lowest BCUT2D eigenvalue weighted by molar-refractivity contribution is 0.102. The Bertz CT molecular complexity index is 1300. The lowest BCUT2D eigenvalue weighted by Crippen LogP contribution is -2.43. The largest absolute Gasteiger partial charge is 0.353 e. The molecule has 8 nitrogen and oxygen atoms in total. The van der Waals surface area contributed by atoms with Crippen LogP contribution in [-0.2, 0) is 17.3 Å². The second-order valence-electron chi connectivity index (χ2n) is 7.79. The number of hydrogen-bond donors (Lipinski definition) is 3. The highest BCUT2D eigenvalue weighted by molar-refractivity contribution is 7.70. The van der Waals surface area contributed by atoms with Crippen molar-refractivity contribution in [2.45, 2.75) is 12.8 Å². The number of hydrogen-bond acceptors (Lipinski definition) is 7. The number of thiol groups is 1. The van der Waals surface area contributed by atoms with E-state index in [9.17, 15) is 22.0 Å². The second kappa shape index (κ2) is 10.5. The van der Waals surface area contributed by atoms with Crippen LogP contribution in [-0.4, -0.2) is 56.9 Å². The Morgan fingerprint density at radius 2 is 1.85 bits per heavy atom. The van der Waals surface area contributed by atoms with Crippen molar-refractivity contribution in [1.29, 1.82) is 0 Å². The van der Waals surface area contributed by atoms with Crippen LogP contribution in [0.1, 0.15) is 27.9 Å². The standard InChI is InChI=1S/C22H22F3N5O3S/c23-15-10-13(2-1-5-28-34(32)33)20(24)19(21(15)25)22(31)14-3-4-16-17(11-14)29-18(12-27-16)30-8-6-26-7-9-30/h3-4,10-12,26,34H,1-2,5-9H2,(H,28,32,33). The van der Waals surface area contributed by atoms with Gasteiger partial charge in [0.25, 0.3) is 0 Å². The monoisotopic (exact) mass is 493 g/mol. The first kappa shape index (κ1) is 24.0. The van der Waals surface area contributed by atoms with Crippen LogP contribution >= 0.6 is 0 Å². The average molecular weight is 494 g/mol. The molecule has 1 aromatic heterocycles. The lowest BCUT2D eigenvalue weighted by atomic mass is 9.97. The molecule has 1 fully saturated rings. The summed E-state index contributed by atoms with van der Waals surface area (Å²) in [6.45, 7) is 3.07. The summed E-state index contributed by atoms with van der Waals surface area (Å²) in [5.74, 6) is -4.50. The molecular weight excluding hydrogens is 471 g/mol. The fraction of sp³-hybridized carbons (Fsp3) is 0.318. The fourth-order valence-electron chi connectivity index (χ4n) is 3.82. The van der Waals surface area contributed by atoms with Gasteiger partial charge in [0.2, 0.25) is 10.9 Å². The minimum absolute atomic E-state index is 0.000817. The molecule has 4 rings (SSSR count). The molecule has 2 N–H and O–H groups in total. The highest BCUT2D eigenvalue weighted by Crippen LogP contribution is 2.26. The van der Waals surface area contributed by atoms with Crippen LogP contribution in [0.4, 0.5) is 19.0 Å². The maximum atomic E-state index is 15.0. The smallest absolute Gasteiger partial charge is 0.201 e. The minimum Gasteiger partial charge on any atom is -0.353 e. The van der Waals surface area contributed by atoms with Crippen LogP contribution in [0.5, 0.6) is 0 Å². The minimum atomic E-state index is -2.82. The number of nitrogens with one attached hydrogen (secondary N) is 2. The molecule has 0 aliphatic carbocycles. The third-order valence-corrected chi connectivity index (χ3v) is 6.04. The zero-order valence-corrected chi connectivity index (χ0v) is 18.9. The van der Waals surface area contributed by atoms with Crippen molar-refractivity contribution in [2.75, 3.05) is 37.6 Å². The van der Waals surface area contributed by atoms with Crippen molar-refractivity contribution in [1.82, 2.24) is 20.0 Å². The lowest BCUT2D eigenvalue weighted by Gasteiger charge is -2.28. The number of halogens is 3. The predicted molar refractivity (Wildman–Crippen MR) is 121 cm³/mol. The van der Waals surface area contributed by atoms with Crippen molar-refractivity contribution in [3.8, 4) is 0 Å². The van der Waals surface area contributed by atoms with Gasteiger partial charge in [-0.2, -0.15) is 0 Å². The number of piperazine rings is 1. The van der Waals surface area contributed by atoms with Crippen LogP contribution < -0.4 is 14.9 Å². The van der Waals surface area contributed by atoms with E-state index in [0.29, 0.717) is 22.9 Å². The van der Waals surface area contributed by atoms with Gasteiger partial charge >= 0.3 is 0 Å². The van der Waals surface area contributed by atoms with Gasteiger partial charge in [-0.05, 0) is 42.7 Å². The summed E-state index contributed by atoms with van der Waals surface area (Å²) in [4.78, 5) is 24.0. The molecule has 180 valence electrons. The number of nitrogens with zero attached hydrogens (tertiary/aromatic N) is 3. The molecule has 0 radical (unpaired) electrons. The van der Waals surface area contributed by atoms with Crippen LogP contribution in [0.25, 0.3) is 11.0 Å². The van der Waals surface area contributed by atoms with Gasteiger partial charge in [0.15, 0.2) is 17.4 Å². The van der Waals surface area contributed by atoms with Gasteiger partial charge in [0, 0.05) is 38.3 Å². The van der Waals surface area contributed by atoms with Crippen molar-refractivity contribution in [3.63, 3.8) is 0 Å². The number of benzene rings is 2. The predicted octanol–water partition coefficient (Wildman–Crippen LogP) is 1.74. The Kier molecular flexibility index (Phi) is 7.39. The molecule has 3 aromatic rings. The number of carbonyl (C=O) groups excluding carboxylic acids is 1. The van der Waals surface area contributed by atoms with E-state index in [1.54, 1.807) is 6.20 Å². The average Bonchev–Trinajstić information content (AvgIpc) is 2.84. The zero-order chi connectivity index (χ0) is 24.2. The van der Waals surface area contributed by atoms with Gasteiger partial charge in [-0.3, -0.25) is 9.78 Å². The van der Waals surface area contributed by atoms with Crippen LogP contribution in [0.3, 0.4) is 0 Å². The maximum Gasteiger partial charge on any atom is 0.201 e. The third-order valence-electron chi connectivity index (χ3n) is 5.56. The number of aryl methyl sites for hydroxylation is 1. The van der Waals surface area contributed by atoms with Gasteiger partial charge in [-0.15, -0.1) is 0 Å². The quantitative estimate of drug-likeness (QED) is 0.190. The van der Waals surface area contributed by atoms with Gasteiger partial charge in [0.05, 0.1) is 22.8 Å². The Balaban J connectivity index is 1.65. The number of fused-ring (bicyclic) bond motifs is 1. The van der Waals surface area contributed by atoms with Crippen molar-refractivity contribution >= 4 is 33.5 Å². The topological polar surface area (TPSA) is 104 Å². The van der Waals surface area contributed by atoms with Crippen molar-refractivity contribution in [3.05, 3.63) is 64.6 Å². The Morgan fingerprint density at radius 3 is 2.59 bits per heavy atom. The molecule has 0 spiro atoms. The van der Waals surface area contributed by atoms with Crippen molar-refractivity contribution in [2.24, 2.45) is 0 Å². The summed E-state index contributed by atoms with van der Waals surface area (Å²) in [6.07, 6.45) is 1.68. The summed E-state index contributed by atoms with van der Waals surface area (Å²) in [7, 11) is -2.82. The van der Waals surface area contributed by atoms with Gasteiger partial charge in [-0.1, -0.05) is 0 Å². The maximum absolute atomic E-state index is 15.0. The van der Waals surface area contributed by atoms with Gasteiger partial charge < -0.3 is 10.2 Å². The molecule has 1 aliphatic heterocycles. The van der Waals surface area contributed by atoms with E-state index in [4.69, 9.17) is 0 Å². The van der Waals surface area contributed by atoms with E-state index in [1.165, 1.54) is 18.2 Å². The van der Waals surface area contributed by atoms with Crippen LogP contribution in [0, 0.1) is 17.5 Å². The Morgan fingerprint density at radius 1 is 1.09 bits per heavy atom. The molecule has 1 aliphatic rings. The van der Waals surface area contributed by atoms with E-state index in [-0.39, 0.29) is 30.5 Å². The SMILES string of the molecule is O=C(c1ccc2ncc(N3CCNCC3)nc2c1)c1c(F)c(F)cc(CCCN[SH](=O)=O)c1F. The summed E-state index contributed by atoms with van der Waals surface area (Å²) >= 11 is 0. The van der Waals surface area contributed by atoms with E-state index >= 15 is 4.39 Å². The van der Waals surface area contributed by atoms with Gasteiger partial charge in [0.1, 0.15) is 11.6 Å². The molecular formula is C22H22F3N5O3S. The van der Waals surface area contributed by atoms with E-state index in [2.05, 4.69) is 20.0 Å². The van der Waals surface area contributed by atoms with Crippen molar-refractivity contribution < 1.29 is 26.4 Å². The number of anilines is 1. The summed E-state index contributed by atoms with van der Waals surface area (Å²) in [5, 5.41) is 3.24. The summed E-state index contributed by atoms with van der Waals surface area (Å²) in [6, 6.07) is 4.95. The van der Waals surface area contributed by atoms with Crippen LogP contribution in [0.2, 0.25) is 0 Å². The van der Waals surface area contributed by atoms with Crippen LogP contribution in [0.15, 0.2) is 30.5 Å². The molecule has 34 heavy (non-hydrogen) atoms. The molecule has 0 atom stereocenters. The first-order chi connectivity index (χ1) is 16.3. The molecule has 2 aromatic carbocycles. The van der Waals surface area contributed by atoms with Gasteiger partial charge in [-0.25, -0.2) is 31.3 Å². The number of aromatic nitrogens is 2. The molecule has 2 heterocycles. The second-order valence-corrected chi connectivity index (χ2v) is 8.62. The molecule has 0 unspecified atom stereocenters. The van der Waals surface area contributed by atoms with E-state index < -0.39 is 39.7 Å². The molecule has 0 bridgehead atoms. The van der Waals surface area contributed by atoms with E-state index in [1.807, 2.05) is 4.90 Å². The first-order valence-electron chi connectivity index (χ1n) is 10.7. The van der Waals surface area contributed by atoms with E-state index in [0.717, 1.165) is 26.2 Å².